The van der Waals surface area contributed by atoms with Gasteiger partial charge in [0.2, 0.25) is 11.5 Å². The topological polar surface area (TPSA) is 71.5 Å². The molecule has 0 saturated carbocycles. The van der Waals surface area contributed by atoms with E-state index >= 15 is 0 Å². The fourth-order valence-corrected chi connectivity index (χ4v) is 3.34. The number of ether oxygens (including phenoxy) is 1. The summed E-state index contributed by atoms with van der Waals surface area (Å²) in [7, 11) is 0. The van der Waals surface area contributed by atoms with E-state index in [0.717, 1.165) is 4.47 Å². The molecule has 0 fully saturated rings. The Hall–Kier alpha value is -1.65. The number of rotatable bonds is 7. The molecule has 1 aromatic heterocycles. The summed E-state index contributed by atoms with van der Waals surface area (Å²) in [5, 5.41) is 13.2. The van der Waals surface area contributed by atoms with Crippen molar-refractivity contribution in [3.63, 3.8) is 0 Å². The molecular formula is C16H16BrF3N2O3S. The molecule has 0 spiro atoms. The fourth-order valence-electron chi connectivity index (χ4n) is 2.05. The highest BCUT2D eigenvalue weighted by atomic mass is 79.9. The third kappa shape index (κ3) is 5.18. The molecule has 2 N–H and O–H groups in total. The van der Waals surface area contributed by atoms with E-state index in [1.165, 1.54) is 12.3 Å². The first-order valence-electron chi connectivity index (χ1n) is 7.48. The van der Waals surface area contributed by atoms with Crippen LogP contribution in [0.1, 0.15) is 17.1 Å². The first kappa shape index (κ1) is 20.7. The lowest BCUT2D eigenvalue weighted by Gasteiger charge is -2.27. The number of benzene rings is 1. The maximum Gasteiger partial charge on any atom is 0.424 e. The number of amides is 1. The number of aliphatic hydroxyl groups is 1. The van der Waals surface area contributed by atoms with Crippen LogP contribution < -0.4 is 10.1 Å². The molecule has 0 bridgehead atoms. The van der Waals surface area contributed by atoms with Crippen molar-refractivity contribution in [3.05, 3.63) is 44.8 Å². The molecule has 1 amide bonds. The van der Waals surface area contributed by atoms with E-state index in [1.54, 1.807) is 18.2 Å². The minimum atomic E-state index is -5.03. The van der Waals surface area contributed by atoms with Gasteiger partial charge in [0.1, 0.15) is 17.4 Å². The smallest absolute Gasteiger partial charge is 0.424 e. The minimum absolute atomic E-state index is 0.00379. The number of aryl methyl sites for hydroxylation is 1. The molecule has 10 heteroatoms. The number of nitrogens with zero attached hydrogens (tertiary/aromatic N) is 1. The molecule has 0 aliphatic heterocycles. The lowest BCUT2D eigenvalue weighted by atomic mass is 9.99. The Labute approximate surface area is 160 Å². The molecule has 5 nitrogen and oxygen atoms in total. The van der Waals surface area contributed by atoms with E-state index in [1.807, 2.05) is 6.07 Å². The fraction of sp³-hybridized carbons (Fsp3) is 0.375. The highest BCUT2D eigenvalue weighted by Crippen LogP contribution is 2.42. The quantitative estimate of drug-likeness (QED) is 0.630. The summed E-state index contributed by atoms with van der Waals surface area (Å²) in [5.74, 6) is -0.394. The second-order valence-electron chi connectivity index (χ2n) is 5.48. The second kappa shape index (κ2) is 8.36. The monoisotopic (exact) mass is 452 g/mol. The van der Waals surface area contributed by atoms with Gasteiger partial charge in [-0.15, -0.1) is 11.3 Å². The summed E-state index contributed by atoms with van der Waals surface area (Å²) in [6.07, 6.45) is -6.19. The lowest BCUT2D eigenvalue weighted by Crippen LogP contribution is -2.46. The second-order valence-corrected chi connectivity index (χ2v) is 7.26. The normalized spacial score (nSPS) is 13.9. The van der Waals surface area contributed by atoms with Crippen molar-refractivity contribution in [2.75, 3.05) is 13.2 Å². The van der Waals surface area contributed by atoms with Crippen molar-refractivity contribution in [1.82, 2.24) is 10.3 Å². The minimum Gasteiger partial charge on any atom is -0.492 e. The number of carbonyl (C=O) groups excluding carboxylic acids is 1. The van der Waals surface area contributed by atoms with Gasteiger partial charge in [-0.25, -0.2) is 4.98 Å². The van der Waals surface area contributed by atoms with Crippen molar-refractivity contribution >= 4 is 33.2 Å². The average molecular weight is 453 g/mol. The number of alkyl halides is 3. The van der Waals surface area contributed by atoms with Crippen LogP contribution in [0.4, 0.5) is 13.2 Å². The molecular weight excluding hydrogens is 437 g/mol. The van der Waals surface area contributed by atoms with Crippen molar-refractivity contribution in [2.24, 2.45) is 0 Å². The van der Waals surface area contributed by atoms with Crippen LogP contribution in [0.2, 0.25) is 0 Å². The van der Waals surface area contributed by atoms with Crippen molar-refractivity contribution in [3.8, 4) is 5.75 Å². The summed E-state index contributed by atoms with van der Waals surface area (Å²) < 4.78 is 46.1. The zero-order chi connectivity index (χ0) is 19.4. The number of aromatic nitrogens is 1. The van der Waals surface area contributed by atoms with E-state index in [2.05, 4.69) is 26.2 Å². The number of thiazole rings is 1. The predicted molar refractivity (Wildman–Crippen MR) is 94.1 cm³/mol. The van der Waals surface area contributed by atoms with Gasteiger partial charge in [-0.05, 0) is 25.1 Å². The Morgan fingerprint density at radius 2 is 2.15 bits per heavy atom. The maximum absolute atomic E-state index is 13.3. The Balaban J connectivity index is 1.91. The van der Waals surface area contributed by atoms with Gasteiger partial charge in [-0.2, -0.15) is 13.2 Å². The van der Waals surface area contributed by atoms with Crippen LogP contribution in [0.25, 0.3) is 0 Å². The lowest BCUT2D eigenvalue weighted by molar-refractivity contribution is -0.267. The highest BCUT2D eigenvalue weighted by molar-refractivity contribution is 9.10. The summed E-state index contributed by atoms with van der Waals surface area (Å²) in [6.45, 7) is 1.58. The van der Waals surface area contributed by atoms with E-state index in [4.69, 9.17) is 4.74 Å². The molecule has 0 aliphatic rings. The largest absolute Gasteiger partial charge is 0.492 e. The maximum atomic E-state index is 13.3. The van der Waals surface area contributed by atoms with E-state index in [-0.39, 0.29) is 13.2 Å². The van der Waals surface area contributed by atoms with Crippen LogP contribution in [-0.2, 0) is 10.4 Å². The van der Waals surface area contributed by atoms with Gasteiger partial charge >= 0.3 is 6.18 Å². The zero-order valence-corrected chi connectivity index (χ0v) is 16.0. The van der Waals surface area contributed by atoms with Gasteiger partial charge in [-0.3, -0.25) is 4.79 Å². The van der Waals surface area contributed by atoms with E-state index < -0.39 is 29.1 Å². The number of hydrogen-bond donors (Lipinski definition) is 2. The predicted octanol–water partition coefficient (Wildman–Crippen LogP) is 3.55. The third-order valence-electron chi connectivity index (χ3n) is 3.35. The number of carbonyl (C=O) groups is 1. The molecule has 1 unspecified atom stereocenters. The number of halogens is 4. The van der Waals surface area contributed by atoms with E-state index in [0.29, 0.717) is 22.8 Å². The highest BCUT2D eigenvalue weighted by Gasteiger charge is 2.58. The third-order valence-corrected chi connectivity index (χ3v) is 4.95. The molecule has 1 aromatic carbocycles. The Morgan fingerprint density at radius 1 is 1.42 bits per heavy atom. The summed E-state index contributed by atoms with van der Waals surface area (Å²) in [4.78, 5) is 15.6. The molecule has 2 rings (SSSR count). The van der Waals surface area contributed by atoms with Gasteiger partial charge in [0.15, 0.2) is 0 Å². The Bertz CT molecular complexity index is 769. The standard InChI is InChI=1S/C16H16BrF3N2O3S/c1-10-9-26-14(22-10)15(24,16(18,19)20)8-13(23)21-5-6-25-12-4-2-3-11(17)7-12/h2-4,7,9,24H,5-6,8H2,1H3,(H,21,23). The number of hydrogen-bond acceptors (Lipinski definition) is 5. The van der Waals surface area contributed by atoms with Crippen LogP contribution >= 0.6 is 27.3 Å². The number of nitrogens with one attached hydrogen (secondary N) is 1. The van der Waals surface area contributed by atoms with Crippen LogP contribution in [0.15, 0.2) is 34.1 Å². The molecule has 1 heterocycles. The van der Waals surface area contributed by atoms with E-state index in [9.17, 15) is 23.1 Å². The van der Waals surface area contributed by atoms with Crippen molar-refractivity contribution < 1.29 is 27.8 Å². The summed E-state index contributed by atoms with van der Waals surface area (Å²) >= 11 is 3.94. The van der Waals surface area contributed by atoms with Crippen LogP contribution in [0.3, 0.4) is 0 Å². The summed E-state index contributed by atoms with van der Waals surface area (Å²) in [5.41, 5.74) is -2.98. The average Bonchev–Trinajstić information content (AvgIpc) is 2.97. The van der Waals surface area contributed by atoms with Gasteiger partial charge in [0.25, 0.3) is 0 Å². The van der Waals surface area contributed by atoms with Crippen LogP contribution in [-0.4, -0.2) is 35.3 Å². The molecule has 2 aromatic rings. The summed E-state index contributed by atoms with van der Waals surface area (Å²) in [6, 6.07) is 7.00. The van der Waals surface area contributed by atoms with Crippen LogP contribution in [0, 0.1) is 6.92 Å². The van der Waals surface area contributed by atoms with Crippen LogP contribution in [0.5, 0.6) is 5.75 Å². The van der Waals surface area contributed by atoms with Crippen molar-refractivity contribution in [2.45, 2.75) is 25.1 Å². The first-order chi connectivity index (χ1) is 12.1. The Kier molecular flexibility index (Phi) is 6.64. The van der Waals surface area contributed by atoms with Gasteiger partial charge in [0, 0.05) is 15.5 Å². The SMILES string of the molecule is Cc1csc(C(O)(CC(=O)NCCOc2cccc(Br)c2)C(F)(F)F)n1. The van der Waals surface area contributed by atoms with Gasteiger partial charge in [-0.1, -0.05) is 22.0 Å². The molecule has 1 atom stereocenters. The molecule has 0 radical (unpaired) electrons. The molecule has 142 valence electrons. The first-order valence-corrected chi connectivity index (χ1v) is 9.16. The van der Waals surface area contributed by atoms with Crippen molar-refractivity contribution in [1.29, 1.82) is 0 Å². The van der Waals surface area contributed by atoms with Gasteiger partial charge < -0.3 is 15.2 Å². The zero-order valence-electron chi connectivity index (χ0n) is 13.6. The molecule has 26 heavy (non-hydrogen) atoms. The molecule has 0 saturated heterocycles. The van der Waals surface area contributed by atoms with Gasteiger partial charge in [0.05, 0.1) is 13.0 Å². The Morgan fingerprint density at radius 3 is 2.73 bits per heavy atom. The molecule has 0 aliphatic carbocycles.